The molecule has 2 N–H and O–H groups in total. The molecule has 1 amide bonds. The monoisotopic (exact) mass is 335 g/mol. The summed E-state index contributed by atoms with van der Waals surface area (Å²) in [7, 11) is 0. The second-order valence-electron chi connectivity index (χ2n) is 8.19. The van der Waals surface area contributed by atoms with Gasteiger partial charge in [-0.05, 0) is 61.7 Å². The number of amides is 1. The minimum atomic E-state index is -0.725. The van der Waals surface area contributed by atoms with E-state index in [1.165, 1.54) is 12.8 Å². The Kier molecular flexibility index (Phi) is 6.47. The molecule has 0 aliphatic heterocycles. The molecular weight excluding hydrogens is 302 g/mol. The van der Waals surface area contributed by atoms with E-state index in [1.807, 2.05) is 6.92 Å². The minimum Gasteiger partial charge on any atom is -0.481 e. The first-order valence-electron chi connectivity index (χ1n) is 9.52. The number of carboxylic acids is 1. The van der Waals surface area contributed by atoms with Crippen molar-refractivity contribution in [1.82, 2.24) is 5.32 Å². The fraction of sp³-hybridized carbons (Fsp3) is 0.800. The van der Waals surface area contributed by atoms with Crippen molar-refractivity contribution in [2.24, 2.45) is 23.2 Å². The van der Waals surface area contributed by atoms with Crippen LogP contribution in [0.2, 0.25) is 0 Å². The van der Waals surface area contributed by atoms with E-state index in [9.17, 15) is 9.59 Å². The fourth-order valence-corrected chi connectivity index (χ4v) is 4.61. The molecule has 2 bridgehead atoms. The van der Waals surface area contributed by atoms with Gasteiger partial charge in [0.15, 0.2) is 0 Å². The zero-order valence-electron chi connectivity index (χ0n) is 15.4. The normalized spacial score (nSPS) is 30.8. The maximum atomic E-state index is 12.1. The highest BCUT2D eigenvalue weighted by atomic mass is 16.4. The Bertz CT molecular complexity index is 483. The SMILES string of the molecule is CCCC(=O)NC1[C@@H](C/C=C\CCCC(=O)O)C[C@H]2C[C@@H]1C2(C)C. The van der Waals surface area contributed by atoms with Crippen molar-refractivity contribution in [2.45, 2.75) is 78.2 Å². The van der Waals surface area contributed by atoms with Crippen LogP contribution >= 0.6 is 0 Å². The maximum absolute atomic E-state index is 12.1. The molecule has 3 aliphatic carbocycles. The summed E-state index contributed by atoms with van der Waals surface area (Å²) in [6.07, 6.45) is 11.0. The molecule has 4 heteroatoms. The average molecular weight is 335 g/mol. The third-order valence-corrected chi connectivity index (χ3v) is 6.25. The number of carbonyl (C=O) groups excluding carboxylic acids is 1. The van der Waals surface area contributed by atoms with Gasteiger partial charge >= 0.3 is 5.97 Å². The van der Waals surface area contributed by atoms with Crippen molar-refractivity contribution in [3.63, 3.8) is 0 Å². The molecule has 3 rings (SSSR count). The lowest BCUT2D eigenvalue weighted by atomic mass is 9.44. The molecule has 136 valence electrons. The Morgan fingerprint density at radius 1 is 1.21 bits per heavy atom. The Balaban J connectivity index is 1.88. The summed E-state index contributed by atoms with van der Waals surface area (Å²) in [4.78, 5) is 22.6. The van der Waals surface area contributed by atoms with E-state index in [0.29, 0.717) is 36.1 Å². The highest BCUT2D eigenvalue weighted by Gasteiger charge is 2.57. The number of unbranched alkanes of at least 4 members (excludes halogenated alkanes) is 1. The first-order chi connectivity index (χ1) is 11.4. The molecule has 0 radical (unpaired) electrons. The summed E-state index contributed by atoms with van der Waals surface area (Å²) in [5, 5.41) is 12.0. The smallest absolute Gasteiger partial charge is 0.303 e. The molecular formula is C20H33NO3. The van der Waals surface area contributed by atoms with Crippen molar-refractivity contribution >= 4 is 11.9 Å². The number of carboxylic acid groups (broad SMARTS) is 1. The van der Waals surface area contributed by atoms with Crippen LogP contribution in [-0.2, 0) is 9.59 Å². The van der Waals surface area contributed by atoms with Crippen LogP contribution in [0, 0.1) is 23.2 Å². The Labute approximate surface area is 146 Å². The minimum absolute atomic E-state index is 0.194. The van der Waals surface area contributed by atoms with Crippen LogP contribution in [0.3, 0.4) is 0 Å². The molecule has 0 spiro atoms. The number of nitrogens with one attached hydrogen (secondary N) is 1. The average Bonchev–Trinajstić information content (AvgIpc) is 2.51. The molecule has 0 heterocycles. The Hall–Kier alpha value is -1.32. The topological polar surface area (TPSA) is 66.4 Å². The highest BCUT2D eigenvalue weighted by Crippen LogP contribution is 2.61. The van der Waals surface area contributed by atoms with Crippen LogP contribution in [0.1, 0.15) is 72.1 Å². The first-order valence-corrected chi connectivity index (χ1v) is 9.52. The summed E-state index contributed by atoms with van der Waals surface area (Å²) in [5.41, 5.74) is 0.353. The van der Waals surface area contributed by atoms with Gasteiger partial charge < -0.3 is 10.4 Å². The van der Waals surface area contributed by atoms with Gasteiger partial charge in [-0.15, -0.1) is 0 Å². The lowest BCUT2D eigenvalue weighted by molar-refractivity contribution is -0.137. The van der Waals surface area contributed by atoms with Gasteiger partial charge in [-0.1, -0.05) is 32.9 Å². The second-order valence-corrected chi connectivity index (χ2v) is 8.19. The van der Waals surface area contributed by atoms with Crippen molar-refractivity contribution in [3.8, 4) is 0 Å². The van der Waals surface area contributed by atoms with E-state index in [4.69, 9.17) is 5.11 Å². The summed E-state index contributed by atoms with van der Waals surface area (Å²) < 4.78 is 0. The fourth-order valence-electron chi connectivity index (χ4n) is 4.61. The van der Waals surface area contributed by atoms with Gasteiger partial charge in [0.1, 0.15) is 0 Å². The van der Waals surface area contributed by atoms with Crippen molar-refractivity contribution in [2.75, 3.05) is 0 Å². The third kappa shape index (κ3) is 4.40. The molecule has 24 heavy (non-hydrogen) atoms. The molecule has 4 atom stereocenters. The lowest BCUT2D eigenvalue weighted by Gasteiger charge is -2.62. The molecule has 0 saturated heterocycles. The third-order valence-electron chi connectivity index (χ3n) is 6.25. The highest BCUT2D eigenvalue weighted by molar-refractivity contribution is 5.76. The molecule has 0 aromatic carbocycles. The first kappa shape index (κ1) is 19.0. The van der Waals surface area contributed by atoms with Crippen molar-refractivity contribution < 1.29 is 14.7 Å². The number of rotatable bonds is 9. The van der Waals surface area contributed by atoms with Crippen molar-refractivity contribution in [3.05, 3.63) is 12.2 Å². The van der Waals surface area contributed by atoms with Gasteiger partial charge in [0.25, 0.3) is 0 Å². The van der Waals surface area contributed by atoms with Crippen LogP contribution in [0.15, 0.2) is 12.2 Å². The molecule has 3 aliphatic rings. The van der Waals surface area contributed by atoms with Gasteiger partial charge in [-0.2, -0.15) is 0 Å². The Morgan fingerprint density at radius 3 is 2.58 bits per heavy atom. The largest absolute Gasteiger partial charge is 0.481 e. The van der Waals surface area contributed by atoms with E-state index in [1.54, 1.807) is 0 Å². The summed E-state index contributed by atoms with van der Waals surface area (Å²) in [6, 6.07) is 0.299. The lowest BCUT2D eigenvalue weighted by Crippen LogP contribution is -2.63. The predicted molar refractivity (Wildman–Crippen MR) is 95.6 cm³/mol. The summed E-state index contributed by atoms with van der Waals surface area (Å²) >= 11 is 0. The van der Waals surface area contributed by atoms with Gasteiger partial charge in [0.05, 0.1) is 0 Å². The van der Waals surface area contributed by atoms with E-state index in [0.717, 1.165) is 25.2 Å². The van der Waals surface area contributed by atoms with Crippen LogP contribution in [0.25, 0.3) is 0 Å². The number of allylic oxidation sites excluding steroid dienone is 2. The summed E-state index contributed by atoms with van der Waals surface area (Å²) in [5.74, 6) is 1.38. The maximum Gasteiger partial charge on any atom is 0.303 e. The van der Waals surface area contributed by atoms with Gasteiger partial charge in [-0.3, -0.25) is 9.59 Å². The molecule has 4 nitrogen and oxygen atoms in total. The number of carbonyl (C=O) groups is 2. The number of aliphatic carboxylic acids is 1. The van der Waals surface area contributed by atoms with Crippen LogP contribution in [0.4, 0.5) is 0 Å². The van der Waals surface area contributed by atoms with Crippen LogP contribution < -0.4 is 5.32 Å². The van der Waals surface area contributed by atoms with Crippen molar-refractivity contribution in [1.29, 1.82) is 0 Å². The van der Waals surface area contributed by atoms with Gasteiger partial charge in [0, 0.05) is 18.9 Å². The number of hydrogen-bond donors (Lipinski definition) is 2. The number of fused-ring (bicyclic) bond motifs is 2. The Morgan fingerprint density at radius 2 is 1.96 bits per heavy atom. The predicted octanol–water partition coefficient (Wildman–Crippen LogP) is 4.15. The van der Waals surface area contributed by atoms with E-state index in [-0.39, 0.29) is 12.3 Å². The molecule has 0 aromatic rings. The molecule has 3 saturated carbocycles. The molecule has 3 fully saturated rings. The van der Waals surface area contributed by atoms with E-state index in [2.05, 4.69) is 31.3 Å². The zero-order valence-corrected chi connectivity index (χ0v) is 15.4. The van der Waals surface area contributed by atoms with E-state index >= 15 is 0 Å². The second kappa shape index (κ2) is 8.17. The van der Waals surface area contributed by atoms with Gasteiger partial charge in [-0.25, -0.2) is 0 Å². The molecule has 1 unspecified atom stereocenters. The van der Waals surface area contributed by atoms with E-state index < -0.39 is 5.97 Å². The van der Waals surface area contributed by atoms with Gasteiger partial charge in [0.2, 0.25) is 5.91 Å². The quantitative estimate of drug-likeness (QED) is 0.491. The standard InChI is InChI=1S/C20H33NO3/c1-4-9-17(22)21-19-14(10-7-5-6-8-11-18(23)24)12-15-13-16(19)20(15,2)3/h5,7,14-16,19H,4,6,8-13H2,1-3H3,(H,21,22)(H,23,24)/b7-5-/t14-,15-,16-,19?/m0/s1. The molecule has 0 aromatic heterocycles. The van der Waals surface area contributed by atoms with Crippen LogP contribution in [-0.4, -0.2) is 23.0 Å². The summed E-state index contributed by atoms with van der Waals surface area (Å²) in [6.45, 7) is 6.74. The van der Waals surface area contributed by atoms with Crippen LogP contribution in [0.5, 0.6) is 0 Å². The zero-order chi connectivity index (χ0) is 17.7. The number of hydrogen-bond acceptors (Lipinski definition) is 2.